The Kier molecular flexibility index (Phi) is 12.5. The number of ether oxygens (including phenoxy) is 2. The van der Waals surface area contributed by atoms with Crippen LogP contribution in [-0.2, 0) is 0 Å². The molecule has 0 radical (unpaired) electrons. The summed E-state index contributed by atoms with van der Waals surface area (Å²) >= 11 is 1.41. The molecule has 10 heteroatoms. The van der Waals surface area contributed by atoms with Crippen LogP contribution in [0.25, 0.3) is 12.2 Å². The average Bonchev–Trinajstić information content (AvgIpc) is 3.47. The predicted molar refractivity (Wildman–Crippen MR) is 192 cm³/mol. The monoisotopic (exact) mass is 684 g/mol. The van der Waals surface area contributed by atoms with Crippen molar-refractivity contribution in [2.75, 3.05) is 14.2 Å². The highest BCUT2D eigenvalue weighted by Gasteiger charge is 2.21. The van der Waals surface area contributed by atoms with E-state index in [0.717, 1.165) is 22.3 Å². The molecule has 3 aromatic carbocycles. The molecule has 9 nitrogen and oxygen atoms in total. The average molecular weight is 685 g/mol. The number of carbonyl (C=O) groups is 4. The first-order chi connectivity index (χ1) is 23.0. The number of methoxy groups -OCH3 is 2. The van der Waals surface area contributed by atoms with Gasteiger partial charge in [-0.25, -0.2) is 9.59 Å². The van der Waals surface area contributed by atoms with Crippen molar-refractivity contribution in [2.24, 2.45) is 0 Å². The second-order valence-electron chi connectivity index (χ2n) is 11.6. The van der Waals surface area contributed by atoms with Gasteiger partial charge in [-0.2, -0.15) is 0 Å². The summed E-state index contributed by atoms with van der Waals surface area (Å²) in [7, 11) is 2.90. The number of aromatic carboxylic acids is 2. The first-order valence-corrected chi connectivity index (χ1v) is 16.0. The summed E-state index contributed by atoms with van der Waals surface area (Å²) < 4.78 is 10.6. The number of hydrogen-bond acceptors (Lipinski definition) is 8. The Labute approximate surface area is 289 Å². The second-order valence-corrected chi connectivity index (χ2v) is 12.5. The molecule has 0 bridgehead atoms. The molecular formula is C39H40O9S. The Morgan fingerprint density at radius 1 is 0.653 bits per heavy atom. The molecule has 1 heterocycles. The fourth-order valence-corrected chi connectivity index (χ4v) is 6.44. The Hall–Kier alpha value is -5.48. The summed E-state index contributed by atoms with van der Waals surface area (Å²) in [6, 6.07) is 8.67. The normalized spacial score (nSPS) is 11.0. The fourth-order valence-electron chi connectivity index (χ4n) is 5.62. The van der Waals surface area contributed by atoms with E-state index in [1.54, 1.807) is 71.9 Å². The number of phenolic OH excluding ortho intramolecular Hbond substituents is 1. The highest BCUT2D eigenvalue weighted by Crippen LogP contribution is 2.32. The molecule has 4 rings (SSSR count). The van der Waals surface area contributed by atoms with Gasteiger partial charge in [-0.05, 0) is 136 Å². The van der Waals surface area contributed by atoms with Gasteiger partial charge < -0.3 is 24.8 Å². The minimum Gasteiger partial charge on any atom is -0.507 e. The Balaban J connectivity index is 0.000000267. The number of ketones is 2. The van der Waals surface area contributed by atoms with Gasteiger partial charge in [0, 0.05) is 16.7 Å². The van der Waals surface area contributed by atoms with Crippen LogP contribution in [0.1, 0.15) is 90.8 Å². The summed E-state index contributed by atoms with van der Waals surface area (Å²) in [5.74, 6) is -1.43. The van der Waals surface area contributed by atoms with Crippen molar-refractivity contribution in [1.82, 2.24) is 0 Å². The van der Waals surface area contributed by atoms with Crippen LogP contribution in [0.4, 0.5) is 0 Å². The molecular weight excluding hydrogens is 644 g/mol. The number of rotatable bonds is 10. The smallest absolute Gasteiger partial charge is 0.336 e. The summed E-state index contributed by atoms with van der Waals surface area (Å²) in [5.41, 5.74) is 6.81. The van der Waals surface area contributed by atoms with Crippen LogP contribution in [0.5, 0.6) is 17.2 Å². The van der Waals surface area contributed by atoms with E-state index < -0.39 is 11.9 Å². The van der Waals surface area contributed by atoms with Crippen LogP contribution < -0.4 is 9.47 Å². The molecule has 0 aliphatic carbocycles. The molecule has 3 N–H and O–H groups in total. The molecule has 0 unspecified atom stereocenters. The number of aromatic hydroxyl groups is 1. The van der Waals surface area contributed by atoms with Crippen molar-refractivity contribution in [3.05, 3.63) is 120 Å². The number of allylic oxidation sites excluding steroid dienone is 2. The number of hydrogen-bond donors (Lipinski definition) is 3. The largest absolute Gasteiger partial charge is 0.507 e. The van der Waals surface area contributed by atoms with Crippen molar-refractivity contribution in [3.8, 4) is 17.2 Å². The van der Waals surface area contributed by atoms with Crippen molar-refractivity contribution in [2.45, 2.75) is 48.5 Å². The molecule has 4 aromatic rings. The van der Waals surface area contributed by atoms with Crippen LogP contribution in [-0.4, -0.2) is 53.0 Å². The summed E-state index contributed by atoms with van der Waals surface area (Å²) in [6.07, 6.45) is 6.24. The lowest BCUT2D eigenvalue weighted by Gasteiger charge is -2.14. The van der Waals surface area contributed by atoms with Gasteiger partial charge in [-0.15, -0.1) is 11.3 Å². The SMILES string of the molecule is COc1c(C(=O)C=Cc2cc(C)c(O)c(C)c2)cc(C)c(C(=O)O)c1C.COc1c(C=CC(=O)c2cc(C)cs2)cc(C)c(C(=O)O)c1C. The van der Waals surface area contributed by atoms with E-state index in [9.17, 15) is 34.5 Å². The minimum atomic E-state index is -1.05. The molecule has 0 aliphatic rings. The van der Waals surface area contributed by atoms with Crippen molar-refractivity contribution in [3.63, 3.8) is 0 Å². The topological polar surface area (TPSA) is 147 Å². The van der Waals surface area contributed by atoms with E-state index in [-0.39, 0.29) is 34.2 Å². The van der Waals surface area contributed by atoms with Gasteiger partial charge in [0.2, 0.25) is 0 Å². The molecule has 0 atom stereocenters. The van der Waals surface area contributed by atoms with Crippen LogP contribution in [0.15, 0.2) is 47.9 Å². The van der Waals surface area contributed by atoms with Crippen molar-refractivity contribution >= 4 is 47.0 Å². The molecule has 0 aliphatic heterocycles. The number of carbonyl (C=O) groups excluding carboxylic acids is 2. The lowest BCUT2D eigenvalue weighted by atomic mass is 9.95. The quantitative estimate of drug-likeness (QED) is 0.110. The van der Waals surface area contributed by atoms with Gasteiger partial charge in [-0.1, -0.05) is 6.08 Å². The van der Waals surface area contributed by atoms with Crippen LogP contribution >= 0.6 is 11.3 Å². The molecule has 49 heavy (non-hydrogen) atoms. The van der Waals surface area contributed by atoms with E-state index in [4.69, 9.17) is 9.47 Å². The Morgan fingerprint density at radius 3 is 1.65 bits per heavy atom. The third-order valence-electron chi connectivity index (χ3n) is 7.89. The summed E-state index contributed by atoms with van der Waals surface area (Å²) in [5, 5.41) is 30.4. The zero-order chi connectivity index (χ0) is 36.7. The third kappa shape index (κ3) is 8.71. The van der Waals surface area contributed by atoms with Gasteiger partial charge in [0.15, 0.2) is 11.6 Å². The predicted octanol–water partition coefficient (Wildman–Crippen LogP) is 8.51. The zero-order valence-electron chi connectivity index (χ0n) is 29.0. The number of carboxylic acids is 2. The van der Waals surface area contributed by atoms with Gasteiger partial charge in [0.05, 0.1) is 35.8 Å². The molecule has 1 aromatic heterocycles. The molecule has 0 saturated heterocycles. The van der Waals surface area contributed by atoms with E-state index in [0.29, 0.717) is 44.0 Å². The fraction of sp³-hybridized carbons (Fsp3) is 0.231. The number of thiophene rings is 1. The molecule has 0 spiro atoms. The lowest BCUT2D eigenvalue weighted by molar-refractivity contribution is 0.0684. The number of aryl methyl sites for hydroxylation is 5. The number of phenols is 1. The number of benzene rings is 3. The van der Waals surface area contributed by atoms with E-state index in [1.807, 2.05) is 18.4 Å². The summed E-state index contributed by atoms with van der Waals surface area (Å²) in [4.78, 5) is 48.3. The maximum absolute atomic E-state index is 12.7. The minimum absolute atomic E-state index is 0.0808. The van der Waals surface area contributed by atoms with Crippen molar-refractivity contribution in [1.29, 1.82) is 0 Å². The van der Waals surface area contributed by atoms with Crippen LogP contribution in [0.3, 0.4) is 0 Å². The first kappa shape index (κ1) is 38.0. The molecule has 0 fully saturated rings. The molecule has 256 valence electrons. The van der Waals surface area contributed by atoms with Gasteiger partial charge in [0.25, 0.3) is 0 Å². The number of carboxylic acid groups (broad SMARTS) is 2. The lowest BCUT2D eigenvalue weighted by Crippen LogP contribution is -2.09. The third-order valence-corrected chi connectivity index (χ3v) is 8.95. The zero-order valence-corrected chi connectivity index (χ0v) is 29.8. The molecule has 0 amide bonds. The maximum atomic E-state index is 12.7. The highest BCUT2D eigenvalue weighted by atomic mass is 32.1. The van der Waals surface area contributed by atoms with Gasteiger partial charge in [0.1, 0.15) is 17.2 Å². The highest BCUT2D eigenvalue weighted by molar-refractivity contribution is 7.12. The standard InChI is InChI=1S/C21H22O5.C18H18O4S/c1-11-10-16(20(26-5)14(4)18(11)21(24)25)17(22)7-6-15-8-12(2)19(23)13(3)9-15;1-10-7-15(23-9-10)14(19)6-5-13-8-11(2)16(18(20)21)12(3)17(13)22-4/h6-10,23H,1-5H3,(H,24,25);5-9H,1-4H3,(H,20,21). The maximum Gasteiger partial charge on any atom is 0.336 e. The van der Waals surface area contributed by atoms with E-state index >= 15 is 0 Å². The Bertz CT molecular complexity index is 1990. The van der Waals surface area contributed by atoms with E-state index in [1.165, 1.54) is 43.8 Å². The summed E-state index contributed by atoms with van der Waals surface area (Å²) in [6.45, 7) is 12.3. The van der Waals surface area contributed by atoms with Crippen molar-refractivity contribution < 1.29 is 44.0 Å². The van der Waals surface area contributed by atoms with Gasteiger partial charge in [-0.3, -0.25) is 9.59 Å². The van der Waals surface area contributed by atoms with Crippen LogP contribution in [0, 0.1) is 48.5 Å². The first-order valence-electron chi connectivity index (χ1n) is 15.1. The second kappa shape index (κ2) is 16.1. The van der Waals surface area contributed by atoms with E-state index in [2.05, 4.69) is 0 Å². The van der Waals surface area contributed by atoms with Crippen LogP contribution in [0.2, 0.25) is 0 Å². The van der Waals surface area contributed by atoms with Gasteiger partial charge >= 0.3 is 11.9 Å². The molecule has 0 saturated carbocycles. The Morgan fingerprint density at radius 2 is 1.16 bits per heavy atom.